The lowest BCUT2D eigenvalue weighted by molar-refractivity contribution is 1.50. The average Bonchev–Trinajstić information content (AvgIpc) is 2.34. The summed E-state index contributed by atoms with van der Waals surface area (Å²) in [6.07, 6.45) is 0. The zero-order valence-corrected chi connectivity index (χ0v) is 9.62. The van der Waals surface area contributed by atoms with E-state index >= 15 is 0 Å². The van der Waals surface area contributed by atoms with Crippen LogP contribution in [0.3, 0.4) is 0 Å². The molecule has 0 spiro atoms. The average molecular weight is 188 g/mol. The van der Waals surface area contributed by atoms with Crippen molar-refractivity contribution >= 4 is 10.8 Å². The molecule has 2 aromatic rings. The first kappa shape index (κ1) is 12.7. The van der Waals surface area contributed by atoms with Crippen molar-refractivity contribution in [1.29, 1.82) is 0 Å². The third-order valence-corrected chi connectivity index (χ3v) is 1.66. The predicted molar refractivity (Wildman–Crippen MR) is 66.6 cm³/mol. The van der Waals surface area contributed by atoms with Gasteiger partial charge in [0.2, 0.25) is 0 Å². The molecule has 0 aromatic heterocycles. The van der Waals surface area contributed by atoms with Crippen LogP contribution in [0.1, 0.15) is 27.7 Å². The van der Waals surface area contributed by atoms with Crippen LogP contribution >= 0.6 is 0 Å². The van der Waals surface area contributed by atoms with E-state index in [0.717, 1.165) is 0 Å². The molecular formula is C14H20. The molecule has 76 valence electrons. The number of benzene rings is 2. The third kappa shape index (κ3) is 3.61. The molecule has 0 aliphatic carbocycles. The van der Waals surface area contributed by atoms with Crippen LogP contribution in [0.15, 0.2) is 48.5 Å². The molecule has 0 heterocycles. The Kier molecular flexibility index (Phi) is 7.53. The van der Waals surface area contributed by atoms with Gasteiger partial charge in [0, 0.05) is 0 Å². The Bertz CT molecular complexity index is 271. The molecule has 2 rings (SSSR count). The van der Waals surface area contributed by atoms with E-state index in [1.54, 1.807) is 0 Å². The summed E-state index contributed by atoms with van der Waals surface area (Å²) < 4.78 is 0. The maximum absolute atomic E-state index is 2.12. The van der Waals surface area contributed by atoms with E-state index in [2.05, 4.69) is 48.5 Å². The van der Waals surface area contributed by atoms with Crippen LogP contribution in [0.4, 0.5) is 0 Å². The van der Waals surface area contributed by atoms with E-state index in [1.165, 1.54) is 10.8 Å². The van der Waals surface area contributed by atoms with Gasteiger partial charge in [-0.15, -0.1) is 0 Å². The number of fused-ring (bicyclic) bond motifs is 1. The fourth-order valence-corrected chi connectivity index (χ4v) is 1.13. The van der Waals surface area contributed by atoms with E-state index in [-0.39, 0.29) is 0 Å². The summed E-state index contributed by atoms with van der Waals surface area (Å²) >= 11 is 0. The van der Waals surface area contributed by atoms with E-state index in [1.807, 2.05) is 27.7 Å². The number of hydrogen-bond donors (Lipinski definition) is 0. The Morgan fingerprint density at radius 2 is 0.714 bits per heavy atom. The molecule has 0 nitrogen and oxygen atoms in total. The second kappa shape index (κ2) is 8.31. The highest BCUT2D eigenvalue weighted by Gasteiger charge is 1.85. The van der Waals surface area contributed by atoms with Crippen molar-refractivity contribution in [3.63, 3.8) is 0 Å². The molecule has 2 aromatic carbocycles. The van der Waals surface area contributed by atoms with Gasteiger partial charge in [-0.1, -0.05) is 76.2 Å². The first-order valence-electron chi connectivity index (χ1n) is 5.40. The molecule has 0 saturated carbocycles. The molecule has 0 radical (unpaired) electrons. The Morgan fingerprint density at radius 1 is 0.500 bits per heavy atom. The monoisotopic (exact) mass is 188 g/mol. The van der Waals surface area contributed by atoms with Gasteiger partial charge >= 0.3 is 0 Å². The van der Waals surface area contributed by atoms with Crippen LogP contribution in [-0.4, -0.2) is 0 Å². The second-order valence-electron chi connectivity index (χ2n) is 2.35. The van der Waals surface area contributed by atoms with E-state index in [4.69, 9.17) is 0 Å². The fraction of sp³-hybridized carbons (Fsp3) is 0.286. The first-order valence-corrected chi connectivity index (χ1v) is 5.40. The maximum Gasteiger partial charge on any atom is -0.0184 e. The quantitative estimate of drug-likeness (QED) is 0.552. The molecular weight excluding hydrogens is 168 g/mol. The standard InChI is InChI=1S/C10H8.2C2H6/c1-2-6-10-8-4-3-7-9(10)5-1;2*1-2/h1-8H;2*1-2H3. The zero-order valence-electron chi connectivity index (χ0n) is 9.62. The zero-order chi connectivity index (χ0) is 10.8. The van der Waals surface area contributed by atoms with Crippen LogP contribution in [0.5, 0.6) is 0 Å². The highest BCUT2D eigenvalue weighted by molar-refractivity contribution is 5.81. The third-order valence-electron chi connectivity index (χ3n) is 1.66. The molecule has 0 unspecified atom stereocenters. The molecule has 0 aliphatic heterocycles. The summed E-state index contributed by atoms with van der Waals surface area (Å²) in [7, 11) is 0. The summed E-state index contributed by atoms with van der Waals surface area (Å²) in [5, 5.41) is 2.62. The highest BCUT2D eigenvalue weighted by atomic mass is 13.9. The van der Waals surface area contributed by atoms with Gasteiger partial charge in [0.1, 0.15) is 0 Å². The molecule has 0 aliphatic rings. The van der Waals surface area contributed by atoms with Gasteiger partial charge in [0.25, 0.3) is 0 Å². The molecule has 0 bridgehead atoms. The number of rotatable bonds is 0. The van der Waals surface area contributed by atoms with Crippen molar-refractivity contribution in [3.05, 3.63) is 48.5 Å². The van der Waals surface area contributed by atoms with Gasteiger partial charge < -0.3 is 0 Å². The minimum Gasteiger partial charge on any atom is -0.0683 e. The molecule has 0 saturated heterocycles. The van der Waals surface area contributed by atoms with E-state index in [9.17, 15) is 0 Å². The summed E-state index contributed by atoms with van der Waals surface area (Å²) in [6.45, 7) is 8.00. The van der Waals surface area contributed by atoms with Crippen LogP contribution < -0.4 is 0 Å². The van der Waals surface area contributed by atoms with Gasteiger partial charge in [-0.3, -0.25) is 0 Å². The first-order chi connectivity index (χ1) is 6.97. The lowest BCUT2D eigenvalue weighted by Gasteiger charge is -1.92. The van der Waals surface area contributed by atoms with Crippen molar-refractivity contribution in [3.8, 4) is 0 Å². The number of hydrogen-bond acceptors (Lipinski definition) is 0. The van der Waals surface area contributed by atoms with Crippen LogP contribution in [0.2, 0.25) is 0 Å². The van der Waals surface area contributed by atoms with E-state index in [0.29, 0.717) is 0 Å². The van der Waals surface area contributed by atoms with Crippen molar-refractivity contribution in [2.24, 2.45) is 0 Å². The SMILES string of the molecule is CC.CC.c1ccc2ccccc2c1. The molecule has 0 heteroatoms. The van der Waals surface area contributed by atoms with Gasteiger partial charge in [-0.25, -0.2) is 0 Å². The summed E-state index contributed by atoms with van der Waals surface area (Å²) in [6, 6.07) is 16.7. The van der Waals surface area contributed by atoms with Crippen LogP contribution in [0.25, 0.3) is 10.8 Å². The molecule has 0 fully saturated rings. The topological polar surface area (TPSA) is 0 Å². The van der Waals surface area contributed by atoms with Crippen LogP contribution in [-0.2, 0) is 0 Å². The van der Waals surface area contributed by atoms with Gasteiger partial charge in [0.05, 0.1) is 0 Å². The second-order valence-corrected chi connectivity index (χ2v) is 2.35. The van der Waals surface area contributed by atoms with Gasteiger partial charge in [-0.2, -0.15) is 0 Å². The summed E-state index contributed by atoms with van der Waals surface area (Å²) in [5.41, 5.74) is 0. The molecule has 14 heavy (non-hydrogen) atoms. The van der Waals surface area contributed by atoms with Gasteiger partial charge in [0.15, 0.2) is 0 Å². The minimum atomic E-state index is 1.31. The highest BCUT2D eigenvalue weighted by Crippen LogP contribution is 2.11. The lowest BCUT2D eigenvalue weighted by atomic mass is 10.1. The minimum absolute atomic E-state index is 1.31. The van der Waals surface area contributed by atoms with Crippen molar-refractivity contribution in [1.82, 2.24) is 0 Å². The normalized spacial score (nSPS) is 8.00. The Balaban J connectivity index is 0.000000379. The van der Waals surface area contributed by atoms with Crippen molar-refractivity contribution in [2.75, 3.05) is 0 Å². The largest absolute Gasteiger partial charge is 0.0683 e. The predicted octanol–water partition coefficient (Wildman–Crippen LogP) is 4.89. The van der Waals surface area contributed by atoms with Crippen molar-refractivity contribution < 1.29 is 0 Å². The molecule has 0 atom stereocenters. The smallest absolute Gasteiger partial charge is 0.0184 e. The molecule has 0 N–H and O–H groups in total. The van der Waals surface area contributed by atoms with Crippen molar-refractivity contribution in [2.45, 2.75) is 27.7 Å². The lowest BCUT2D eigenvalue weighted by Crippen LogP contribution is -1.67. The Hall–Kier alpha value is -1.30. The van der Waals surface area contributed by atoms with Crippen LogP contribution in [0, 0.1) is 0 Å². The fourth-order valence-electron chi connectivity index (χ4n) is 1.13. The Labute approximate surface area is 87.6 Å². The van der Waals surface area contributed by atoms with E-state index < -0.39 is 0 Å². The molecule has 0 amide bonds. The summed E-state index contributed by atoms with van der Waals surface area (Å²) in [4.78, 5) is 0. The van der Waals surface area contributed by atoms with Gasteiger partial charge in [-0.05, 0) is 10.8 Å². The maximum atomic E-state index is 2.12. The Morgan fingerprint density at radius 3 is 0.929 bits per heavy atom. The summed E-state index contributed by atoms with van der Waals surface area (Å²) in [5.74, 6) is 0.